The van der Waals surface area contributed by atoms with Crippen molar-refractivity contribution in [2.45, 2.75) is 19.8 Å². The second-order valence-electron chi connectivity index (χ2n) is 4.00. The molecule has 1 heterocycles. The van der Waals surface area contributed by atoms with Gasteiger partial charge in [0.05, 0.1) is 5.02 Å². The molecule has 1 aromatic carbocycles. The molecule has 0 spiro atoms. The largest absolute Gasteiger partial charge is 0.439 e. The molecule has 1 unspecified atom stereocenters. The highest BCUT2D eigenvalue weighted by molar-refractivity contribution is 6.37. The van der Waals surface area contributed by atoms with Crippen LogP contribution < -0.4 is 5.32 Å². The lowest BCUT2D eigenvalue weighted by Gasteiger charge is -2.06. The summed E-state index contributed by atoms with van der Waals surface area (Å²) in [7, 11) is 0. The van der Waals surface area contributed by atoms with Crippen molar-refractivity contribution in [1.29, 1.82) is 0 Å². The highest BCUT2D eigenvalue weighted by Gasteiger charge is 2.15. The number of aromatic nitrogens is 1. The van der Waals surface area contributed by atoms with Gasteiger partial charge in [-0.05, 0) is 18.7 Å². The lowest BCUT2D eigenvalue weighted by molar-refractivity contribution is 0.470. The van der Waals surface area contributed by atoms with Gasteiger partial charge in [0.2, 0.25) is 0 Å². The average molecular weight is 273 g/mol. The van der Waals surface area contributed by atoms with Gasteiger partial charge in [0.1, 0.15) is 5.52 Å². The first-order chi connectivity index (χ1) is 8.11. The van der Waals surface area contributed by atoms with E-state index >= 15 is 0 Å². The molecule has 3 nitrogen and oxygen atoms in total. The molecule has 1 atom stereocenters. The highest BCUT2D eigenvalue weighted by atomic mass is 35.5. The maximum atomic E-state index is 6.05. The minimum absolute atomic E-state index is 0.206. The van der Waals surface area contributed by atoms with Crippen LogP contribution in [0.25, 0.3) is 11.1 Å². The Labute approximate surface area is 110 Å². The molecule has 0 fully saturated rings. The summed E-state index contributed by atoms with van der Waals surface area (Å²) in [6.07, 6.45) is 0. The van der Waals surface area contributed by atoms with E-state index in [-0.39, 0.29) is 5.92 Å². The molecule has 0 aliphatic rings. The van der Waals surface area contributed by atoms with Crippen molar-refractivity contribution in [3.63, 3.8) is 0 Å². The zero-order valence-corrected chi connectivity index (χ0v) is 11.3. The van der Waals surface area contributed by atoms with E-state index in [2.05, 4.69) is 24.1 Å². The van der Waals surface area contributed by atoms with E-state index in [4.69, 9.17) is 27.6 Å². The Kier molecular flexibility index (Phi) is 3.92. The molecule has 1 N–H and O–H groups in total. The second-order valence-corrected chi connectivity index (χ2v) is 4.84. The van der Waals surface area contributed by atoms with E-state index in [1.165, 1.54) is 0 Å². The maximum absolute atomic E-state index is 6.05. The summed E-state index contributed by atoms with van der Waals surface area (Å²) < 4.78 is 5.67. The van der Waals surface area contributed by atoms with Gasteiger partial charge in [-0.2, -0.15) is 0 Å². The first-order valence-corrected chi connectivity index (χ1v) is 6.33. The Morgan fingerprint density at radius 3 is 2.88 bits per heavy atom. The van der Waals surface area contributed by atoms with Gasteiger partial charge in [-0.1, -0.05) is 37.0 Å². The van der Waals surface area contributed by atoms with Crippen LogP contribution >= 0.6 is 23.2 Å². The van der Waals surface area contributed by atoms with Gasteiger partial charge in [-0.25, -0.2) is 4.98 Å². The molecule has 0 saturated carbocycles. The van der Waals surface area contributed by atoms with E-state index in [0.717, 1.165) is 13.1 Å². The van der Waals surface area contributed by atoms with Crippen molar-refractivity contribution in [2.24, 2.45) is 0 Å². The minimum atomic E-state index is 0.206. The second kappa shape index (κ2) is 5.25. The molecule has 0 saturated heterocycles. The highest BCUT2D eigenvalue weighted by Crippen LogP contribution is 2.30. The first-order valence-electron chi connectivity index (χ1n) is 5.58. The van der Waals surface area contributed by atoms with Crippen molar-refractivity contribution in [2.75, 3.05) is 13.1 Å². The minimum Gasteiger partial charge on any atom is -0.439 e. The monoisotopic (exact) mass is 272 g/mol. The Morgan fingerprint density at radius 2 is 2.18 bits per heavy atom. The van der Waals surface area contributed by atoms with E-state index in [0.29, 0.717) is 27.0 Å². The number of halogens is 2. The summed E-state index contributed by atoms with van der Waals surface area (Å²) in [5, 5.41) is 4.33. The van der Waals surface area contributed by atoms with Gasteiger partial charge >= 0.3 is 0 Å². The number of hydrogen-bond acceptors (Lipinski definition) is 3. The van der Waals surface area contributed by atoms with Crippen LogP contribution in [0.1, 0.15) is 25.7 Å². The molecule has 92 valence electrons. The zero-order valence-electron chi connectivity index (χ0n) is 9.76. The third-order valence-corrected chi connectivity index (χ3v) is 3.05. The molecule has 0 radical (unpaired) electrons. The van der Waals surface area contributed by atoms with Crippen molar-refractivity contribution in [3.05, 3.63) is 28.1 Å². The van der Waals surface area contributed by atoms with Crippen LogP contribution in [0.5, 0.6) is 0 Å². The van der Waals surface area contributed by atoms with Crippen molar-refractivity contribution in [1.82, 2.24) is 10.3 Å². The number of fused-ring (bicyclic) bond motifs is 1. The number of hydrogen-bond donors (Lipinski definition) is 1. The molecule has 0 aliphatic heterocycles. The Morgan fingerprint density at radius 1 is 1.41 bits per heavy atom. The molecule has 0 amide bonds. The first kappa shape index (κ1) is 12.7. The summed E-state index contributed by atoms with van der Waals surface area (Å²) in [4.78, 5) is 4.41. The SMILES string of the molecule is CCNCC(C)c1nc2cc(Cl)cc(Cl)c2o1. The van der Waals surface area contributed by atoms with E-state index in [1.807, 2.05) is 0 Å². The molecule has 2 aromatic rings. The maximum Gasteiger partial charge on any atom is 0.199 e. The molecule has 2 rings (SSSR count). The predicted octanol–water partition coefficient (Wildman–Crippen LogP) is 3.85. The van der Waals surface area contributed by atoms with Gasteiger partial charge in [-0.15, -0.1) is 0 Å². The van der Waals surface area contributed by atoms with Crippen molar-refractivity contribution in [3.8, 4) is 0 Å². The van der Waals surface area contributed by atoms with Gasteiger partial charge in [-0.3, -0.25) is 0 Å². The van der Waals surface area contributed by atoms with Crippen LogP contribution in [0, 0.1) is 0 Å². The van der Waals surface area contributed by atoms with Gasteiger partial charge in [0.25, 0.3) is 0 Å². The molecule has 17 heavy (non-hydrogen) atoms. The smallest absolute Gasteiger partial charge is 0.199 e. The van der Waals surface area contributed by atoms with Crippen molar-refractivity contribution < 1.29 is 4.42 Å². The van der Waals surface area contributed by atoms with E-state index in [1.54, 1.807) is 12.1 Å². The third kappa shape index (κ3) is 2.73. The van der Waals surface area contributed by atoms with Crippen LogP contribution in [0.3, 0.4) is 0 Å². The lowest BCUT2D eigenvalue weighted by Crippen LogP contribution is -2.19. The summed E-state index contributed by atoms with van der Waals surface area (Å²) in [6.45, 7) is 5.88. The van der Waals surface area contributed by atoms with Gasteiger partial charge in [0, 0.05) is 17.5 Å². The molecular weight excluding hydrogens is 259 g/mol. The topological polar surface area (TPSA) is 38.1 Å². The third-order valence-electron chi connectivity index (χ3n) is 2.55. The summed E-state index contributed by atoms with van der Waals surface area (Å²) in [5.74, 6) is 0.891. The fourth-order valence-electron chi connectivity index (χ4n) is 1.64. The summed E-state index contributed by atoms with van der Waals surface area (Å²) in [5.41, 5.74) is 1.32. The average Bonchev–Trinajstić information content (AvgIpc) is 2.69. The molecule has 1 aromatic heterocycles. The van der Waals surface area contributed by atoms with Crippen LogP contribution in [0.4, 0.5) is 0 Å². The number of nitrogens with zero attached hydrogens (tertiary/aromatic N) is 1. The molecule has 5 heteroatoms. The van der Waals surface area contributed by atoms with E-state index < -0.39 is 0 Å². The predicted molar refractivity (Wildman–Crippen MR) is 71.0 cm³/mol. The number of likely N-dealkylation sites (N-methyl/N-ethyl adjacent to an activating group) is 1. The normalized spacial score (nSPS) is 13.2. The summed E-state index contributed by atoms with van der Waals surface area (Å²) in [6, 6.07) is 3.42. The number of nitrogens with one attached hydrogen (secondary N) is 1. The quantitative estimate of drug-likeness (QED) is 0.919. The Balaban J connectivity index is 2.34. The fraction of sp³-hybridized carbons (Fsp3) is 0.417. The number of rotatable bonds is 4. The van der Waals surface area contributed by atoms with Gasteiger partial charge < -0.3 is 9.73 Å². The molecule has 0 bridgehead atoms. The van der Waals surface area contributed by atoms with Crippen LogP contribution in [-0.4, -0.2) is 18.1 Å². The van der Waals surface area contributed by atoms with Crippen LogP contribution in [0.15, 0.2) is 16.5 Å². The molecular formula is C12H14Cl2N2O. The number of oxazole rings is 1. The van der Waals surface area contributed by atoms with E-state index in [9.17, 15) is 0 Å². The standard InChI is InChI=1S/C12H14Cl2N2O/c1-3-15-6-7(2)12-16-10-5-8(13)4-9(14)11(10)17-12/h4-5,7,15H,3,6H2,1-2H3. The van der Waals surface area contributed by atoms with Crippen molar-refractivity contribution >= 4 is 34.3 Å². The Hall–Kier alpha value is -0.770. The molecule has 0 aliphatic carbocycles. The van der Waals surface area contributed by atoms with Gasteiger partial charge in [0.15, 0.2) is 11.5 Å². The summed E-state index contributed by atoms with van der Waals surface area (Å²) >= 11 is 12.0. The zero-order chi connectivity index (χ0) is 12.4. The Bertz CT molecular complexity index is 524. The number of benzene rings is 1. The fourth-order valence-corrected chi connectivity index (χ4v) is 2.16. The van der Waals surface area contributed by atoms with Crippen LogP contribution in [-0.2, 0) is 0 Å². The lowest BCUT2D eigenvalue weighted by atomic mass is 10.2. The van der Waals surface area contributed by atoms with Crippen LogP contribution in [0.2, 0.25) is 10.0 Å².